The number of rotatable bonds is 6. The number of carboxylic acids is 1. The van der Waals surface area contributed by atoms with Gasteiger partial charge in [0.05, 0.1) is 0 Å². The van der Waals surface area contributed by atoms with Crippen molar-refractivity contribution < 1.29 is 14.7 Å². The van der Waals surface area contributed by atoms with E-state index in [0.29, 0.717) is 13.0 Å². The maximum atomic E-state index is 11.7. The predicted octanol–water partition coefficient (Wildman–Crippen LogP) is 1.65. The number of unbranched alkanes of at least 4 members (excludes halogenated alkanes) is 2. The molecule has 0 saturated heterocycles. The van der Waals surface area contributed by atoms with E-state index in [1.807, 2.05) is 0 Å². The molecule has 0 aromatic heterocycles. The van der Waals surface area contributed by atoms with Crippen LogP contribution in [0.1, 0.15) is 40.0 Å². The first-order valence-corrected chi connectivity index (χ1v) is 5.74. The van der Waals surface area contributed by atoms with Gasteiger partial charge in [-0.3, -0.25) is 9.59 Å². The normalized spacial score (nSPS) is 12.6. The molecule has 0 saturated carbocycles. The van der Waals surface area contributed by atoms with Crippen molar-refractivity contribution in [1.82, 2.24) is 5.32 Å². The summed E-state index contributed by atoms with van der Waals surface area (Å²) in [5.74, 6) is -0.0140. The van der Waals surface area contributed by atoms with Crippen molar-refractivity contribution in [3.63, 3.8) is 0 Å². The number of carbonyl (C=O) groups excluding carboxylic acids is 1. The lowest BCUT2D eigenvalue weighted by molar-refractivity contribution is -0.151. The molecule has 1 amide bonds. The Morgan fingerprint density at radius 1 is 1.35 bits per heavy atom. The molecule has 0 aliphatic carbocycles. The molecule has 0 bridgehead atoms. The van der Waals surface area contributed by atoms with Gasteiger partial charge in [0.1, 0.15) is 5.92 Å². The first-order chi connectivity index (χ1) is 7.80. The zero-order valence-electron chi connectivity index (χ0n) is 10.7. The molecule has 0 spiro atoms. The minimum Gasteiger partial charge on any atom is -0.481 e. The molecule has 0 heterocycles. The van der Waals surface area contributed by atoms with Crippen LogP contribution in [0, 0.1) is 23.7 Å². The van der Waals surface area contributed by atoms with E-state index in [-0.39, 0.29) is 0 Å². The summed E-state index contributed by atoms with van der Waals surface area (Å²) in [5.41, 5.74) is -0.589. The van der Waals surface area contributed by atoms with Gasteiger partial charge < -0.3 is 10.4 Å². The van der Waals surface area contributed by atoms with Crippen LogP contribution in [0.4, 0.5) is 0 Å². The quantitative estimate of drug-likeness (QED) is 0.421. The van der Waals surface area contributed by atoms with Gasteiger partial charge in [0.15, 0.2) is 0 Å². The molecule has 2 N–H and O–H groups in total. The summed E-state index contributed by atoms with van der Waals surface area (Å²) >= 11 is 0. The molecule has 1 atom stereocenters. The minimum atomic E-state index is -1.08. The van der Waals surface area contributed by atoms with Gasteiger partial charge in [0.2, 0.25) is 5.91 Å². The monoisotopic (exact) mass is 239 g/mol. The lowest BCUT2D eigenvalue weighted by Crippen LogP contribution is -2.43. The van der Waals surface area contributed by atoms with Crippen LogP contribution < -0.4 is 5.32 Å². The summed E-state index contributed by atoms with van der Waals surface area (Å²) < 4.78 is 0. The van der Waals surface area contributed by atoms with Gasteiger partial charge >= 0.3 is 5.97 Å². The number of aliphatic carboxylic acids is 1. The smallest absolute Gasteiger partial charge is 0.316 e. The third-order valence-electron chi connectivity index (χ3n) is 2.42. The molecule has 4 nitrogen and oxygen atoms in total. The lowest BCUT2D eigenvalue weighted by Gasteiger charge is -2.25. The Kier molecular flexibility index (Phi) is 6.34. The highest BCUT2D eigenvalue weighted by atomic mass is 16.4. The number of carboxylic acid groups (broad SMARTS) is 1. The van der Waals surface area contributed by atoms with Crippen molar-refractivity contribution >= 4 is 11.9 Å². The maximum Gasteiger partial charge on any atom is 0.316 e. The number of amides is 1. The van der Waals surface area contributed by atoms with Gasteiger partial charge in [-0.2, -0.15) is 0 Å². The minimum absolute atomic E-state index is 0.425. The van der Waals surface area contributed by atoms with Crippen molar-refractivity contribution in [1.29, 1.82) is 0 Å². The van der Waals surface area contributed by atoms with E-state index >= 15 is 0 Å². The summed E-state index contributed by atoms with van der Waals surface area (Å²) in [5, 5.41) is 11.7. The average Bonchev–Trinajstić information content (AvgIpc) is 2.14. The number of hydrogen-bond acceptors (Lipinski definition) is 2. The highest BCUT2D eigenvalue weighted by Crippen LogP contribution is 2.26. The first kappa shape index (κ1) is 15.5. The van der Waals surface area contributed by atoms with Gasteiger partial charge in [-0.15, -0.1) is 12.3 Å². The van der Waals surface area contributed by atoms with Crippen molar-refractivity contribution in [3.05, 3.63) is 0 Å². The van der Waals surface area contributed by atoms with Crippen LogP contribution in [0.15, 0.2) is 0 Å². The van der Waals surface area contributed by atoms with Crippen molar-refractivity contribution in [2.75, 3.05) is 6.54 Å². The van der Waals surface area contributed by atoms with Gasteiger partial charge in [0, 0.05) is 13.0 Å². The molecule has 0 radical (unpaired) electrons. The van der Waals surface area contributed by atoms with E-state index in [1.54, 1.807) is 20.8 Å². The molecular weight excluding hydrogens is 218 g/mol. The zero-order valence-corrected chi connectivity index (χ0v) is 10.7. The molecule has 1 unspecified atom stereocenters. The van der Waals surface area contributed by atoms with Gasteiger partial charge in [-0.05, 0) is 18.3 Å². The Bertz CT molecular complexity index is 310. The summed E-state index contributed by atoms with van der Waals surface area (Å²) in [4.78, 5) is 22.8. The summed E-state index contributed by atoms with van der Waals surface area (Å²) in [6, 6.07) is 0. The van der Waals surface area contributed by atoms with E-state index in [1.165, 1.54) is 0 Å². The SMILES string of the molecule is C#CCCCCNC(=O)C(C(=O)O)C(C)(C)C. The Labute approximate surface area is 103 Å². The molecule has 0 aromatic rings. The van der Waals surface area contributed by atoms with E-state index in [2.05, 4.69) is 11.2 Å². The third-order valence-corrected chi connectivity index (χ3v) is 2.42. The van der Waals surface area contributed by atoms with E-state index in [9.17, 15) is 9.59 Å². The summed E-state index contributed by atoms with van der Waals surface area (Å²) in [6.45, 7) is 5.69. The molecule has 0 fully saturated rings. The molecule has 0 aliphatic heterocycles. The van der Waals surface area contributed by atoms with Crippen LogP contribution in [0.5, 0.6) is 0 Å². The van der Waals surface area contributed by atoms with E-state index < -0.39 is 23.2 Å². The number of terminal acetylenes is 1. The topological polar surface area (TPSA) is 66.4 Å². The van der Waals surface area contributed by atoms with Crippen LogP contribution in [0.2, 0.25) is 0 Å². The maximum absolute atomic E-state index is 11.7. The molecular formula is C13H21NO3. The summed E-state index contributed by atoms with van der Waals surface area (Å²) in [6.07, 6.45) is 7.39. The first-order valence-electron chi connectivity index (χ1n) is 5.74. The van der Waals surface area contributed by atoms with Crippen molar-refractivity contribution in [2.45, 2.75) is 40.0 Å². The van der Waals surface area contributed by atoms with E-state index in [0.717, 1.165) is 12.8 Å². The highest BCUT2D eigenvalue weighted by Gasteiger charge is 2.37. The summed E-state index contributed by atoms with van der Waals surface area (Å²) in [7, 11) is 0. The zero-order chi connectivity index (χ0) is 13.5. The van der Waals surface area contributed by atoms with Crippen molar-refractivity contribution in [3.8, 4) is 12.3 Å². The second-order valence-electron chi connectivity index (χ2n) is 5.09. The van der Waals surface area contributed by atoms with Crippen LogP contribution in [-0.2, 0) is 9.59 Å². The van der Waals surface area contributed by atoms with Crippen LogP contribution in [0.25, 0.3) is 0 Å². The Balaban J connectivity index is 4.19. The molecule has 17 heavy (non-hydrogen) atoms. The number of nitrogens with one attached hydrogen (secondary N) is 1. The molecule has 96 valence electrons. The second-order valence-corrected chi connectivity index (χ2v) is 5.09. The molecule has 0 rings (SSSR count). The van der Waals surface area contributed by atoms with Crippen molar-refractivity contribution in [2.24, 2.45) is 11.3 Å². The van der Waals surface area contributed by atoms with Crippen LogP contribution in [-0.4, -0.2) is 23.5 Å². The molecule has 4 heteroatoms. The predicted molar refractivity (Wildman–Crippen MR) is 66.3 cm³/mol. The van der Waals surface area contributed by atoms with Gasteiger partial charge in [-0.25, -0.2) is 0 Å². The van der Waals surface area contributed by atoms with E-state index in [4.69, 9.17) is 11.5 Å². The fraction of sp³-hybridized carbons (Fsp3) is 0.692. The second kappa shape index (κ2) is 6.95. The Hall–Kier alpha value is -1.50. The van der Waals surface area contributed by atoms with Crippen LogP contribution >= 0.6 is 0 Å². The standard InChI is InChI=1S/C13H21NO3/c1-5-6-7-8-9-14-11(15)10(12(16)17)13(2,3)4/h1,10H,6-9H2,2-4H3,(H,14,15)(H,16,17). The Morgan fingerprint density at radius 2 is 1.94 bits per heavy atom. The Morgan fingerprint density at radius 3 is 2.35 bits per heavy atom. The molecule has 0 aliphatic rings. The van der Waals surface area contributed by atoms with Crippen LogP contribution in [0.3, 0.4) is 0 Å². The number of hydrogen-bond donors (Lipinski definition) is 2. The fourth-order valence-corrected chi connectivity index (χ4v) is 1.54. The fourth-order valence-electron chi connectivity index (χ4n) is 1.54. The van der Waals surface area contributed by atoms with Gasteiger partial charge in [0.25, 0.3) is 0 Å². The largest absolute Gasteiger partial charge is 0.481 e. The highest BCUT2D eigenvalue weighted by molar-refractivity contribution is 5.97. The average molecular weight is 239 g/mol. The van der Waals surface area contributed by atoms with Gasteiger partial charge in [-0.1, -0.05) is 20.8 Å². The molecule has 0 aromatic carbocycles. The number of carbonyl (C=O) groups is 2. The third kappa shape index (κ3) is 5.96. The lowest BCUT2D eigenvalue weighted by atomic mass is 9.80.